The Bertz CT molecular complexity index is 1920. The number of amides is 1. The zero-order valence-corrected chi connectivity index (χ0v) is 29.7. The molecule has 4 aromatic rings. The summed E-state index contributed by atoms with van der Waals surface area (Å²) in [5.41, 5.74) is 7.92. The molecule has 4 heterocycles. The van der Waals surface area contributed by atoms with Crippen molar-refractivity contribution in [1.29, 1.82) is 0 Å². The molecule has 2 atom stereocenters. The number of nitrogens with one attached hydrogen (secondary N) is 1. The van der Waals surface area contributed by atoms with E-state index in [2.05, 4.69) is 20.2 Å². The molecule has 2 aromatic heterocycles. The van der Waals surface area contributed by atoms with Crippen molar-refractivity contribution < 1.29 is 19.8 Å². The van der Waals surface area contributed by atoms with Crippen LogP contribution in [0.2, 0.25) is 10.0 Å². The Morgan fingerprint density at radius 3 is 2.56 bits per heavy atom. The lowest BCUT2D eigenvalue weighted by Crippen LogP contribution is -2.44. The molecule has 2 aliphatic heterocycles. The normalized spacial score (nSPS) is 18.5. The molecule has 0 bridgehead atoms. The predicted octanol–water partition coefficient (Wildman–Crippen LogP) is 7.50. The summed E-state index contributed by atoms with van der Waals surface area (Å²) in [7, 11) is 0. The number of β-amino-alcohol motifs (C(OH)–C–C–N with tert-alkyl or cyclic N) is 1. The maximum atomic E-state index is 13.1. The number of likely N-dealkylation sites (tertiary alicyclic amines) is 2. The second kappa shape index (κ2) is 15.8. The number of aromatic nitrogens is 2. The fourth-order valence-electron chi connectivity index (χ4n) is 6.79. The molecular weight excluding hydrogens is 673 g/mol. The third-order valence-corrected chi connectivity index (χ3v) is 10.4. The number of nitrogens with zero attached hydrogens (tertiary/aromatic N) is 4. The number of aliphatic hydroxyl groups excluding tert-OH is 1. The van der Waals surface area contributed by atoms with Crippen LogP contribution in [0.25, 0.3) is 23.3 Å². The van der Waals surface area contributed by atoms with Crippen LogP contribution in [-0.2, 0) is 17.9 Å². The highest BCUT2D eigenvalue weighted by Crippen LogP contribution is 2.36. The van der Waals surface area contributed by atoms with Crippen LogP contribution in [0.15, 0.2) is 60.9 Å². The highest BCUT2D eigenvalue weighted by atomic mass is 35.5. The van der Waals surface area contributed by atoms with Gasteiger partial charge in [-0.05, 0) is 103 Å². The van der Waals surface area contributed by atoms with Gasteiger partial charge in [-0.1, -0.05) is 60.0 Å². The maximum Gasteiger partial charge on any atom is 0.320 e. The second-order valence-corrected chi connectivity index (χ2v) is 14.0. The molecule has 0 aliphatic carbocycles. The van der Waals surface area contributed by atoms with Crippen LogP contribution in [0.5, 0.6) is 0 Å². The van der Waals surface area contributed by atoms with Crippen LogP contribution in [0.3, 0.4) is 0 Å². The lowest BCUT2D eigenvalue weighted by molar-refractivity contribution is -0.144. The van der Waals surface area contributed by atoms with Crippen molar-refractivity contribution in [2.24, 2.45) is 0 Å². The van der Waals surface area contributed by atoms with Crippen LogP contribution in [0, 0.1) is 13.8 Å². The molecule has 9 nitrogen and oxygen atoms in total. The number of aliphatic hydroxyl groups is 1. The van der Waals surface area contributed by atoms with Crippen molar-refractivity contribution in [3.8, 4) is 11.1 Å². The van der Waals surface area contributed by atoms with Gasteiger partial charge in [0.1, 0.15) is 11.7 Å². The van der Waals surface area contributed by atoms with Crippen molar-refractivity contribution in [2.75, 3.05) is 25.0 Å². The lowest BCUT2D eigenvalue weighted by atomic mass is 9.98. The van der Waals surface area contributed by atoms with Gasteiger partial charge in [-0.25, -0.2) is 0 Å². The molecular formula is C39H41Cl2N5O4. The highest BCUT2D eigenvalue weighted by molar-refractivity contribution is 6.36. The summed E-state index contributed by atoms with van der Waals surface area (Å²) in [5.74, 6) is -1.14. The largest absolute Gasteiger partial charge is 0.480 e. The molecule has 2 aromatic carbocycles. The Morgan fingerprint density at radius 1 is 0.980 bits per heavy atom. The van der Waals surface area contributed by atoms with Crippen LogP contribution in [0.1, 0.15) is 69.7 Å². The standard InChI is InChI=1S/C39H41Cl2N5O4/c1-24-18-27(32(40)19-28(24)22-46-16-4-3-8-36(46)39(49)50)10-12-33-25(2)30(13-15-42-33)31-6-5-7-34(37(31)41)44-38(48)35-11-9-26(20-43-35)21-45-17-14-29(47)23-45/h5-7,9-13,15,18-20,29,36,47H,3-4,8,14,16-17,21-23H2,1-2H3,(H,44,48)(H,49,50)/b12-10+/t29-,36+/m1/s1. The van der Waals surface area contributed by atoms with Gasteiger partial charge < -0.3 is 15.5 Å². The molecule has 0 radical (unpaired) electrons. The number of carboxylic acid groups (broad SMARTS) is 1. The minimum absolute atomic E-state index is 0.280. The van der Waals surface area contributed by atoms with Crippen molar-refractivity contribution in [1.82, 2.24) is 19.8 Å². The van der Waals surface area contributed by atoms with Gasteiger partial charge in [0.2, 0.25) is 0 Å². The van der Waals surface area contributed by atoms with Crippen LogP contribution in [-0.4, -0.2) is 73.6 Å². The number of hydrogen-bond donors (Lipinski definition) is 3. The first kappa shape index (κ1) is 35.7. The number of aliphatic carboxylic acids is 1. The summed E-state index contributed by atoms with van der Waals surface area (Å²) < 4.78 is 0. The smallest absolute Gasteiger partial charge is 0.320 e. The van der Waals surface area contributed by atoms with E-state index in [0.717, 1.165) is 77.0 Å². The van der Waals surface area contributed by atoms with E-state index in [0.29, 0.717) is 41.8 Å². The monoisotopic (exact) mass is 713 g/mol. The van der Waals surface area contributed by atoms with E-state index in [4.69, 9.17) is 23.2 Å². The topological polar surface area (TPSA) is 119 Å². The van der Waals surface area contributed by atoms with E-state index >= 15 is 0 Å². The van der Waals surface area contributed by atoms with Crippen LogP contribution in [0.4, 0.5) is 5.69 Å². The molecule has 0 saturated carbocycles. The first-order chi connectivity index (χ1) is 24.1. The van der Waals surface area contributed by atoms with E-state index < -0.39 is 12.0 Å². The number of hydrogen-bond acceptors (Lipinski definition) is 7. The summed E-state index contributed by atoms with van der Waals surface area (Å²) in [6, 6.07) is 14.5. The average Bonchev–Trinajstić information content (AvgIpc) is 3.51. The maximum absolute atomic E-state index is 13.1. The molecule has 0 unspecified atom stereocenters. The van der Waals surface area contributed by atoms with Gasteiger partial charge in [-0.15, -0.1) is 0 Å². The van der Waals surface area contributed by atoms with Gasteiger partial charge in [-0.3, -0.25) is 29.4 Å². The molecule has 1 amide bonds. The number of anilines is 1. The molecule has 0 spiro atoms. The number of benzene rings is 2. The number of pyridine rings is 2. The minimum atomic E-state index is -0.772. The fraction of sp³-hybridized carbons (Fsp3) is 0.333. The van der Waals surface area contributed by atoms with Gasteiger partial charge in [0.05, 0.1) is 22.5 Å². The molecule has 3 N–H and O–H groups in total. The summed E-state index contributed by atoms with van der Waals surface area (Å²) in [6.45, 7) is 7.46. The van der Waals surface area contributed by atoms with Crippen molar-refractivity contribution in [3.63, 3.8) is 0 Å². The van der Waals surface area contributed by atoms with Gasteiger partial charge in [-0.2, -0.15) is 0 Å². The summed E-state index contributed by atoms with van der Waals surface area (Å²) >= 11 is 13.6. The third-order valence-electron chi connectivity index (χ3n) is 9.64. The Kier molecular flexibility index (Phi) is 11.3. The van der Waals surface area contributed by atoms with Gasteiger partial charge >= 0.3 is 5.97 Å². The summed E-state index contributed by atoms with van der Waals surface area (Å²) in [5, 5.41) is 23.4. The number of carboxylic acids is 1. The number of carbonyl (C=O) groups excluding carboxylic acids is 1. The van der Waals surface area contributed by atoms with E-state index in [1.165, 1.54) is 0 Å². The van der Waals surface area contributed by atoms with Gasteiger partial charge in [0.25, 0.3) is 5.91 Å². The van der Waals surface area contributed by atoms with Crippen molar-refractivity contribution in [3.05, 3.63) is 110 Å². The van der Waals surface area contributed by atoms with Crippen LogP contribution < -0.4 is 5.32 Å². The Labute approximate surface area is 302 Å². The number of aryl methyl sites for hydroxylation is 1. The molecule has 260 valence electrons. The van der Waals surface area contributed by atoms with Gasteiger partial charge in [0.15, 0.2) is 0 Å². The first-order valence-corrected chi connectivity index (χ1v) is 17.7. The predicted molar refractivity (Wildman–Crippen MR) is 198 cm³/mol. The molecule has 2 saturated heterocycles. The zero-order valence-electron chi connectivity index (χ0n) is 28.2. The molecule has 11 heteroatoms. The highest BCUT2D eigenvalue weighted by Gasteiger charge is 2.28. The SMILES string of the molecule is Cc1cc(/C=C/c2nccc(-c3cccc(NC(=O)c4ccc(CN5CC[C@@H](O)C5)cn4)c3Cl)c2C)c(Cl)cc1CN1CCCC[C@H]1C(=O)O. The fourth-order valence-corrected chi connectivity index (χ4v) is 7.32. The zero-order chi connectivity index (χ0) is 35.4. The summed E-state index contributed by atoms with van der Waals surface area (Å²) in [6.07, 6.45) is 10.4. The first-order valence-electron chi connectivity index (χ1n) is 16.9. The molecule has 50 heavy (non-hydrogen) atoms. The molecule has 2 aliphatic rings. The number of rotatable bonds is 10. The molecule has 6 rings (SSSR count). The Balaban J connectivity index is 1.16. The van der Waals surface area contributed by atoms with Gasteiger partial charge in [0, 0.05) is 49.2 Å². The quantitative estimate of drug-likeness (QED) is 0.155. The summed E-state index contributed by atoms with van der Waals surface area (Å²) in [4.78, 5) is 38.1. The van der Waals surface area contributed by atoms with Crippen LogP contribution >= 0.6 is 23.2 Å². The lowest BCUT2D eigenvalue weighted by Gasteiger charge is -2.33. The van der Waals surface area contributed by atoms with E-state index in [1.54, 1.807) is 24.5 Å². The molecule has 2 fully saturated rings. The van der Waals surface area contributed by atoms with Crippen molar-refractivity contribution >= 4 is 52.9 Å². The van der Waals surface area contributed by atoms with Crippen molar-refractivity contribution in [2.45, 2.75) is 64.8 Å². The minimum Gasteiger partial charge on any atom is -0.480 e. The van der Waals surface area contributed by atoms with E-state index in [1.807, 2.05) is 67.3 Å². The number of halogens is 2. The average molecular weight is 715 g/mol. The number of carbonyl (C=O) groups is 2. The third kappa shape index (κ3) is 8.25. The second-order valence-electron chi connectivity index (χ2n) is 13.2. The van der Waals surface area contributed by atoms with E-state index in [-0.39, 0.29) is 17.7 Å². The van der Waals surface area contributed by atoms with E-state index in [9.17, 15) is 19.8 Å². The number of piperidine rings is 1. The Morgan fingerprint density at radius 2 is 1.82 bits per heavy atom. The Hall–Kier alpha value is -4.12.